The fourth-order valence-corrected chi connectivity index (χ4v) is 1.88. The molecule has 2 unspecified atom stereocenters. The van der Waals surface area contributed by atoms with Crippen molar-refractivity contribution >= 4 is 11.9 Å². The van der Waals surface area contributed by atoms with Crippen molar-refractivity contribution in [2.75, 3.05) is 0 Å². The lowest BCUT2D eigenvalue weighted by atomic mass is 9.87. The topological polar surface area (TPSA) is 101 Å². The van der Waals surface area contributed by atoms with E-state index < -0.39 is 23.4 Å². The molecule has 2 atom stereocenters. The average Bonchev–Trinajstić information content (AvgIpc) is 2.28. The average molecular weight is 201 g/mol. The van der Waals surface area contributed by atoms with Crippen molar-refractivity contribution in [1.29, 1.82) is 0 Å². The monoisotopic (exact) mass is 201 g/mol. The van der Waals surface area contributed by atoms with Crippen molar-refractivity contribution in [2.45, 2.75) is 37.6 Å². The zero-order valence-electron chi connectivity index (χ0n) is 7.90. The van der Waals surface area contributed by atoms with E-state index in [1.54, 1.807) is 0 Å². The maximum absolute atomic E-state index is 10.9. The van der Waals surface area contributed by atoms with E-state index in [0.29, 0.717) is 19.3 Å². The van der Waals surface area contributed by atoms with Crippen LogP contribution in [-0.2, 0) is 9.59 Å². The quantitative estimate of drug-likeness (QED) is 0.562. The number of carboxylic acid groups (broad SMARTS) is 2. The minimum atomic E-state index is -1.35. The van der Waals surface area contributed by atoms with Crippen LogP contribution in [0.25, 0.3) is 0 Å². The molecule has 0 heterocycles. The van der Waals surface area contributed by atoms with Gasteiger partial charge in [0, 0.05) is 0 Å². The molecule has 0 saturated heterocycles. The normalized spacial score (nSPS) is 33.4. The maximum Gasteiger partial charge on any atom is 0.323 e. The fourth-order valence-electron chi connectivity index (χ4n) is 1.88. The first-order valence-corrected chi connectivity index (χ1v) is 4.71. The second-order valence-corrected chi connectivity index (χ2v) is 3.95. The Labute approximate surface area is 81.9 Å². The van der Waals surface area contributed by atoms with Crippen molar-refractivity contribution in [2.24, 2.45) is 11.7 Å². The molecule has 0 aromatic rings. The number of hydrogen-bond donors (Lipinski definition) is 3. The molecule has 0 radical (unpaired) electrons. The molecule has 80 valence electrons. The highest BCUT2D eigenvalue weighted by molar-refractivity contribution is 5.80. The van der Waals surface area contributed by atoms with E-state index in [4.69, 9.17) is 15.9 Å². The Kier molecular flexibility index (Phi) is 3.10. The van der Waals surface area contributed by atoms with Crippen LogP contribution in [0.1, 0.15) is 32.1 Å². The lowest BCUT2D eigenvalue weighted by Crippen LogP contribution is -2.49. The summed E-state index contributed by atoms with van der Waals surface area (Å²) in [5, 5.41) is 17.7. The van der Waals surface area contributed by atoms with Gasteiger partial charge in [0.25, 0.3) is 0 Å². The summed E-state index contributed by atoms with van der Waals surface area (Å²) in [4.78, 5) is 21.6. The van der Waals surface area contributed by atoms with Crippen LogP contribution in [0, 0.1) is 5.92 Å². The van der Waals surface area contributed by atoms with Crippen LogP contribution in [-0.4, -0.2) is 27.7 Å². The first-order chi connectivity index (χ1) is 6.46. The molecule has 1 rings (SSSR count). The molecule has 1 saturated carbocycles. The summed E-state index contributed by atoms with van der Waals surface area (Å²) < 4.78 is 0. The van der Waals surface area contributed by atoms with E-state index in [2.05, 4.69) is 0 Å². The number of aliphatic carboxylic acids is 2. The molecule has 0 aromatic heterocycles. The highest BCUT2D eigenvalue weighted by Crippen LogP contribution is 2.29. The third kappa shape index (κ3) is 2.23. The van der Waals surface area contributed by atoms with Crippen LogP contribution in [0.15, 0.2) is 0 Å². The van der Waals surface area contributed by atoms with Crippen LogP contribution in [0.3, 0.4) is 0 Å². The Bertz CT molecular complexity index is 253. The molecule has 1 fully saturated rings. The molecule has 4 N–H and O–H groups in total. The number of hydrogen-bond acceptors (Lipinski definition) is 3. The van der Waals surface area contributed by atoms with Gasteiger partial charge in [0.15, 0.2) is 0 Å². The summed E-state index contributed by atoms with van der Waals surface area (Å²) in [5.41, 5.74) is 4.32. The number of nitrogens with two attached hydrogens (primary N) is 1. The smallest absolute Gasteiger partial charge is 0.323 e. The van der Waals surface area contributed by atoms with E-state index >= 15 is 0 Å². The third-order valence-corrected chi connectivity index (χ3v) is 2.81. The van der Waals surface area contributed by atoms with Crippen molar-refractivity contribution < 1.29 is 19.8 Å². The van der Waals surface area contributed by atoms with Gasteiger partial charge in [0.1, 0.15) is 5.54 Å². The first kappa shape index (κ1) is 11.0. The number of rotatable bonds is 2. The first-order valence-electron chi connectivity index (χ1n) is 4.71. The van der Waals surface area contributed by atoms with Gasteiger partial charge >= 0.3 is 11.9 Å². The van der Waals surface area contributed by atoms with E-state index in [-0.39, 0.29) is 6.42 Å². The zero-order valence-corrected chi connectivity index (χ0v) is 7.90. The van der Waals surface area contributed by atoms with Crippen LogP contribution < -0.4 is 5.73 Å². The highest BCUT2D eigenvalue weighted by Gasteiger charge is 2.39. The Morgan fingerprint density at radius 1 is 1.29 bits per heavy atom. The van der Waals surface area contributed by atoms with Gasteiger partial charge in [-0.2, -0.15) is 0 Å². The molecule has 0 aromatic carbocycles. The Morgan fingerprint density at radius 2 is 1.93 bits per heavy atom. The van der Waals surface area contributed by atoms with Crippen LogP contribution >= 0.6 is 0 Å². The second kappa shape index (κ2) is 3.96. The second-order valence-electron chi connectivity index (χ2n) is 3.95. The lowest BCUT2D eigenvalue weighted by Gasteiger charge is -2.24. The van der Waals surface area contributed by atoms with E-state index in [0.717, 1.165) is 6.42 Å². The van der Waals surface area contributed by atoms with Gasteiger partial charge in [-0.15, -0.1) is 0 Å². The summed E-state index contributed by atoms with van der Waals surface area (Å²) in [6, 6.07) is 0. The van der Waals surface area contributed by atoms with Gasteiger partial charge in [-0.05, 0) is 19.3 Å². The minimum Gasteiger partial charge on any atom is -0.481 e. The number of carbonyl (C=O) groups is 2. The molecule has 1 aliphatic rings. The zero-order chi connectivity index (χ0) is 10.8. The van der Waals surface area contributed by atoms with Crippen LogP contribution in [0.4, 0.5) is 0 Å². The predicted octanol–water partition coefficient (Wildman–Crippen LogP) is 0.433. The summed E-state index contributed by atoms with van der Waals surface area (Å²) >= 11 is 0. The molecule has 0 bridgehead atoms. The van der Waals surface area contributed by atoms with E-state index in [1.807, 2.05) is 0 Å². The third-order valence-electron chi connectivity index (χ3n) is 2.81. The molecule has 0 spiro atoms. The van der Waals surface area contributed by atoms with Gasteiger partial charge in [0.05, 0.1) is 5.92 Å². The van der Waals surface area contributed by atoms with Gasteiger partial charge in [-0.1, -0.05) is 12.8 Å². The Morgan fingerprint density at radius 3 is 2.43 bits per heavy atom. The highest BCUT2D eigenvalue weighted by atomic mass is 16.4. The Hall–Kier alpha value is -1.10. The molecule has 5 heteroatoms. The molecule has 5 nitrogen and oxygen atoms in total. The SMILES string of the molecule is NC1(C(=O)O)CCCCC(C(=O)O)C1. The summed E-state index contributed by atoms with van der Waals surface area (Å²) in [7, 11) is 0. The van der Waals surface area contributed by atoms with E-state index in [1.165, 1.54) is 0 Å². The Balaban J connectivity index is 2.78. The molecule has 14 heavy (non-hydrogen) atoms. The van der Waals surface area contributed by atoms with Gasteiger partial charge in [0.2, 0.25) is 0 Å². The van der Waals surface area contributed by atoms with E-state index in [9.17, 15) is 9.59 Å². The number of carboxylic acids is 2. The molecule has 1 aliphatic carbocycles. The fraction of sp³-hybridized carbons (Fsp3) is 0.778. The summed E-state index contributed by atoms with van der Waals surface area (Å²) in [6.45, 7) is 0. The van der Waals surface area contributed by atoms with Gasteiger partial charge in [-0.3, -0.25) is 9.59 Å². The lowest BCUT2D eigenvalue weighted by molar-refractivity contribution is -0.147. The molecule has 0 aliphatic heterocycles. The largest absolute Gasteiger partial charge is 0.481 e. The summed E-state index contributed by atoms with van der Waals surface area (Å²) in [6.07, 6.45) is 2.36. The van der Waals surface area contributed by atoms with Crippen molar-refractivity contribution in [3.63, 3.8) is 0 Å². The molecular formula is C9H15NO4. The van der Waals surface area contributed by atoms with Gasteiger partial charge < -0.3 is 15.9 Å². The van der Waals surface area contributed by atoms with Crippen LogP contribution in [0.2, 0.25) is 0 Å². The van der Waals surface area contributed by atoms with Crippen molar-refractivity contribution in [1.82, 2.24) is 0 Å². The minimum absolute atomic E-state index is 0.0394. The molecule has 0 amide bonds. The summed E-state index contributed by atoms with van der Waals surface area (Å²) in [5.74, 6) is -2.65. The molecular weight excluding hydrogens is 186 g/mol. The van der Waals surface area contributed by atoms with Crippen molar-refractivity contribution in [3.05, 3.63) is 0 Å². The predicted molar refractivity (Wildman–Crippen MR) is 48.8 cm³/mol. The van der Waals surface area contributed by atoms with Crippen molar-refractivity contribution in [3.8, 4) is 0 Å². The standard InChI is InChI=1S/C9H15NO4/c10-9(8(13)14)4-2-1-3-6(5-9)7(11)12/h6H,1-5,10H2,(H,11,12)(H,13,14). The van der Waals surface area contributed by atoms with Crippen LogP contribution in [0.5, 0.6) is 0 Å². The maximum atomic E-state index is 10.9. The van der Waals surface area contributed by atoms with Gasteiger partial charge in [-0.25, -0.2) is 0 Å².